The summed E-state index contributed by atoms with van der Waals surface area (Å²) in [4.78, 5) is 20.1. The van der Waals surface area contributed by atoms with E-state index in [0.29, 0.717) is 34.1 Å². The molecule has 5 nitrogen and oxygen atoms in total. The first-order valence-electron chi connectivity index (χ1n) is 13.6. The number of fused-ring (bicyclic) bond motifs is 1. The van der Waals surface area contributed by atoms with Gasteiger partial charge in [0, 0.05) is 27.9 Å². The molecule has 0 fully saturated rings. The van der Waals surface area contributed by atoms with Crippen LogP contribution in [0.2, 0.25) is 10.0 Å². The lowest BCUT2D eigenvalue weighted by molar-refractivity contribution is -0.117. The number of aliphatic hydroxyl groups excluding tert-OH is 1. The van der Waals surface area contributed by atoms with Gasteiger partial charge >= 0.3 is 0 Å². The van der Waals surface area contributed by atoms with Gasteiger partial charge in [-0.1, -0.05) is 94.2 Å². The molecular formula is C32H40Cl2N2O3. The fraction of sp³-hybridized carbons (Fsp3) is 0.375. The second kappa shape index (κ2) is 15.2. The van der Waals surface area contributed by atoms with E-state index in [2.05, 4.69) is 11.6 Å². The van der Waals surface area contributed by atoms with Crippen LogP contribution in [0, 0.1) is 0 Å². The summed E-state index contributed by atoms with van der Waals surface area (Å²) >= 11 is 12.3. The van der Waals surface area contributed by atoms with Crippen molar-refractivity contribution in [2.45, 2.75) is 72.8 Å². The second-order valence-corrected chi connectivity index (χ2v) is 9.62. The maximum atomic E-state index is 13.9. The number of hydrogen-bond donors (Lipinski definition) is 1. The zero-order valence-electron chi connectivity index (χ0n) is 23.8. The van der Waals surface area contributed by atoms with Crippen molar-refractivity contribution in [1.82, 2.24) is 9.88 Å². The first-order valence-corrected chi connectivity index (χ1v) is 14.3. The minimum absolute atomic E-state index is 0.175. The normalized spacial score (nSPS) is 16.4. The number of aliphatic hydroxyl groups is 1. The van der Waals surface area contributed by atoms with Crippen molar-refractivity contribution in [3.05, 3.63) is 105 Å². The SMILES string of the molecule is C=C(C)c1ccc2c(c1)C(=O)N(Cc1ccc(Cl)cn1)C2(OCCC(O)CC)c1ccc(Cl)cc1.CC.CC. The molecule has 2 unspecified atom stereocenters. The number of carbonyl (C=O) groups excluding carboxylic acids is 1. The Bertz CT molecular complexity index is 1230. The molecule has 1 aliphatic heterocycles. The summed E-state index contributed by atoms with van der Waals surface area (Å²) in [7, 11) is 0. The molecule has 2 aromatic carbocycles. The highest BCUT2D eigenvalue weighted by Crippen LogP contribution is 2.47. The van der Waals surface area contributed by atoms with Crippen molar-refractivity contribution < 1.29 is 14.6 Å². The molecule has 7 heteroatoms. The highest BCUT2D eigenvalue weighted by atomic mass is 35.5. The van der Waals surface area contributed by atoms with Gasteiger partial charge in [0.2, 0.25) is 0 Å². The molecule has 0 saturated carbocycles. The molecule has 2 heterocycles. The number of pyridine rings is 1. The van der Waals surface area contributed by atoms with E-state index in [4.69, 9.17) is 27.9 Å². The van der Waals surface area contributed by atoms with Crippen LogP contribution in [-0.4, -0.2) is 33.6 Å². The first-order chi connectivity index (χ1) is 18.8. The van der Waals surface area contributed by atoms with Crippen molar-refractivity contribution in [2.24, 2.45) is 0 Å². The minimum Gasteiger partial charge on any atom is -0.393 e. The molecule has 0 aliphatic carbocycles. The Labute approximate surface area is 243 Å². The van der Waals surface area contributed by atoms with Crippen molar-refractivity contribution >= 4 is 34.7 Å². The highest BCUT2D eigenvalue weighted by Gasteiger charge is 2.52. The third kappa shape index (κ3) is 7.29. The van der Waals surface area contributed by atoms with E-state index < -0.39 is 11.8 Å². The Kier molecular flexibility index (Phi) is 12.7. The molecule has 0 spiro atoms. The standard InChI is InChI=1S/C28H28Cl2N2O3.2C2H6/c1-4-24(33)13-14-35-28(20-6-8-21(29)9-7-20)26-12-5-19(18(2)3)15-25(26)27(34)32(28)17-23-11-10-22(30)16-31-23;2*1-2/h5-12,15-16,24,33H,2,4,13-14,17H2,1,3H3;2*1-2H3. The number of rotatable bonds is 9. The maximum Gasteiger partial charge on any atom is 0.257 e. The number of nitrogens with zero attached hydrogens (tertiary/aromatic N) is 2. The van der Waals surface area contributed by atoms with Gasteiger partial charge in [-0.2, -0.15) is 0 Å². The number of carbonyl (C=O) groups is 1. The molecule has 0 saturated heterocycles. The summed E-state index contributed by atoms with van der Waals surface area (Å²) in [6.07, 6.45) is 2.12. The van der Waals surface area contributed by atoms with Gasteiger partial charge in [0.1, 0.15) is 0 Å². The molecular weight excluding hydrogens is 531 g/mol. The number of ether oxygens (including phenoxy) is 1. The number of amides is 1. The van der Waals surface area contributed by atoms with Gasteiger partial charge in [-0.05, 0) is 55.7 Å². The van der Waals surface area contributed by atoms with Crippen LogP contribution in [0.1, 0.15) is 87.1 Å². The Balaban J connectivity index is 0.00000127. The van der Waals surface area contributed by atoms with Gasteiger partial charge in [-0.3, -0.25) is 14.7 Å². The lowest BCUT2D eigenvalue weighted by Gasteiger charge is -2.39. The largest absolute Gasteiger partial charge is 0.393 e. The summed E-state index contributed by atoms with van der Waals surface area (Å²) in [5.74, 6) is -0.175. The maximum absolute atomic E-state index is 13.9. The van der Waals surface area contributed by atoms with Gasteiger partial charge < -0.3 is 9.84 Å². The van der Waals surface area contributed by atoms with Crippen LogP contribution in [-0.2, 0) is 17.0 Å². The van der Waals surface area contributed by atoms with E-state index in [-0.39, 0.29) is 19.1 Å². The van der Waals surface area contributed by atoms with Crippen molar-refractivity contribution in [3.8, 4) is 0 Å². The van der Waals surface area contributed by atoms with E-state index in [0.717, 1.165) is 22.3 Å². The molecule has 1 aliphatic rings. The zero-order valence-corrected chi connectivity index (χ0v) is 25.3. The van der Waals surface area contributed by atoms with Gasteiger partial charge in [-0.15, -0.1) is 0 Å². The molecule has 210 valence electrons. The van der Waals surface area contributed by atoms with Gasteiger partial charge in [0.25, 0.3) is 5.91 Å². The van der Waals surface area contributed by atoms with E-state index in [1.165, 1.54) is 0 Å². The van der Waals surface area contributed by atoms with Crippen LogP contribution in [0.4, 0.5) is 0 Å². The number of benzene rings is 2. The van der Waals surface area contributed by atoms with Crippen molar-refractivity contribution in [3.63, 3.8) is 0 Å². The number of hydrogen-bond acceptors (Lipinski definition) is 4. The molecule has 2 atom stereocenters. The molecule has 1 N–H and O–H groups in total. The molecule has 39 heavy (non-hydrogen) atoms. The van der Waals surface area contributed by atoms with Crippen LogP contribution >= 0.6 is 23.2 Å². The quantitative estimate of drug-likeness (QED) is 0.280. The Morgan fingerprint density at radius 2 is 1.69 bits per heavy atom. The third-order valence-electron chi connectivity index (χ3n) is 6.31. The first kappa shape index (κ1) is 32.5. The lowest BCUT2D eigenvalue weighted by atomic mass is 9.91. The van der Waals surface area contributed by atoms with Gasteiger partial charge in [-0.25, -0.2) is 0 Å². The monoisotopic (exact) mass is 570 g/mol. The highest BCUT2D eigenvalue weighted by molar-refractivity contribution is 6.30. The molecule has 1 aromatic heterocycles. The van der Waals surface area contributed by atoms with Crippen LogP contribution in [0.3, 0.4) is 0 Å². The number of halogens is 2. The Hall–Kier alpha value is -2.70. The topological polar surface area (TPSA) is 62.7 Å². The van der Waals surface area contributed by atoms with Gasteiger partial charge in [0.15, 0.2) is 5.72 Å². The Morgan fingerprint density at radius 1 is 1.05 bits per heavy atom. The predicted octanol–water partition coefficient (Wildman–Crippen LogP) is 8.51. The molecule has 0 bridgehead atoms. The second-order valence-electron chi connectivity index (χ2n) is 8.75. The van der Waals surface area contributed by atoms with Crippen molar-refractivity contribution in [2.75, 3.05) is 6.61 Å². The van der Waals surface area contributed by atoms with E-state index in [1.54, 1.807) is 35.4 Å². The van der Waals surface area contributed by atoms with Crippen LogP contribution in [0.25, 0.3) is 5.57 Å². The molecule has 4 rings (SSSR count). The van der Waals surface area contributed by atoms with E-state index in [9.17, 15) is 9.90 Å². The summed E-state index contributed by atoms with van der Waals surface area (Å²) in [6, 6.07) is 16.6. The fourth-order valence-electron chi connectivity index (χ4n) is 4.33. The summed E-state index contributed by atoms with van der Waals surface area (Å²) in [5.41, 5.74) is 3.24. The van der Waals surface area contributed by atoms with E-state index in [1.807, 2.05) is 71.9 Å². The van der Waals surface area contributed by atoms with Crippen LogP contribution in [0.5, 0.6) is 0 Å². The number of allylic oxidation sites excluding steroid dienone is 1. The Morgan fingerprint density at radius 3 is 2.26 bits per heavy atom. The molecule has 3 aromatic rings. The van der Waals surface area contributed by atoms with Crippen LogP contribution in [0.15, 0.2) is 67.4 Å². The zero-order chi connectivity index (χ0) is 29.2. The molecule has 1 amide bonds. The minimum atomic E-state index is -1.22. The molecule has 0 radical (unpaired) electrons. The smallest absolute Gasteiger partial charge is 0.257 e. The predicted molar refractivity (Wildman–Crippen MR) is 162 cm³/mol. The summed E-state index contributed by atoms with van der Waals surface area (Å²) < 4.78 is 6.62. The van der Waals surface area contributed by atoms with E-state index >= 15 is 0 Å². The average Bonchev–Trinajstić information content (AvgIpc) is 3.19. The van der Waals surface area contributed by atoms with Gasteiger partial charge in [0.05, 0.1) is 30.0 Å². The fourth-order valence-corrected chi connectivity index (χ4v) is 4.57. The van der Waals surface area contributed by atoms with Crippen molar-refractivity contribution in [1.29, 1.82) is 0 Å². The summed E-state index contributed by atoms with van der Waals surface area (Å²) in [5, 5.41) is 11.3. The third-order valence-corrected chi connectivity index (χ3v) is 6.79. The number of aromatic nitrogens is 1. The lowest BCUT2D eigenvalue weighted by Crippen LogP contribution is -2.47. The average molecular weight is 572 g/mol. The van der Waals surface area contributed by atoms with Crippen LogP contribution < -0.4 is 0 Å². The summed E-state index contributed by atoms with van der Waals surface area (Å²) in [6.45, 7) is 16.3.